The van der Waals surface area contributed by atoms with Crippen molar-refractivity contribution in [3.63, 3.8) is 0 Å². The highest BCUT2D eigenvalue weighted by Gasteiger charge is 2.40. The maximum absolute atomic E-state index is 12.9. The summed E-state index contributed by atoms with van der Waals surface area (Å²) in [6.45, 7) is 8.93. The van der Waals surface area contributed by atoms with E-state index in [1.807, 2.05) is 11.8 Å². The molecule has 1 aliphatic heterocycles. The van der Waals surface area contributed by atoms with E-state index in [0.717, 1.165) is 50.0 Å². The molecule has 2 rings (SSSR count). The van der Waals surface area contributed by atoms with E-state index < -0.39 is 0 Å². The Morgan fingerprint density at radius 1 is 1.48 bits per heavy atom. The number of carbonyl (C=O) groups is 1. The van der Waals surface area contributed by atoms with Gasteiger partial charge in [-0.15, -0.1) is 0 Å². The van der Waals surface area contributed by atoms with Crippen molar-refractivity contribution >= 4 is 5.91 Å². The quantitative estimate of drug-likeness (QED) is 0.874. The van der Waals surface area contributed by atoms with E-state index >= 15 is 0 Å². The highest BCUT2D eigenvalue weighted by Crippen LogP contribution is 2.34. The molecule has 0 spiro atoms. The molecule has 1 aromatic rings. The molecule has 126 valence electrons. The van der Waals surface area contributed by atoms with Gasteiger partial charge in [0.05, 0.1) is 23.6 Å². The third-order valence-corrected chi connectivity index (χ3v) is 5.01. The van der Waals surface area contributed by atoms with Crippen molar-refractivity contribution < 1.29 is 4.79 Å². The number of nitrogens with one attached hydrogen (secondary N) is 1. The Kier molecular flexibility index (Phi) is 5.46. The fraction of sp³-hybridized carbons (Fsp3) is 0.722. The SMILES string of the molecule is CCCC(C#N)CCC(C)C(=O)N1CCc2[nH]cnc2C1(C)C. The van der Waals surface area contributed by atoms with Gasteiger partial charge in [-0.1, -0.05) is 20.3 Å². The van der Waals surface area contributed by atoms with E-state index in [1.165, 1.54) is 0 Å². The number of carbonyl (C=O) groups excluding carboxylic acids is 1. The average Bonchev–Trinajstić information content (AvgIpc) is 3.00. The van der Waals surface area contributed by atoms with Gasteiger partial charge in [-0.05, 0) is 33.1 Å². The van der Waals surface area contributed by atoms with E-state index in [4.69, 9.17) is 5.26 Å². The van der Waals surface area contributed by atoms with Crippen LogP contribution in [0.2, 0.25) is 0 Å². The number of fused-ring (bicyclic) bond motifs is 1. The van der Waals surface area contributed by atoms with Gasteiger partial charge in [-0.3, -0.25) is 4.79 Å². The molecule has 1 aliphatic rings. The Labute approximate surface area is 139 Å². The van der Waals surface area contributed by atoms with Crippen molar-refractivity contribution in [2.75, 3.05) is 6.54 Å². The van der Waals surface area contributed by atoms with Crippen LogP contribution in [0.3, 0.4) is 0 Å². The zero-order valence-electron chi connectivity index (χ0n) is 14.7. The minimum absolute atomic E-state index is 0.0533. The second kappa shape index (κ2) is 7.16. The third kappa shape index (κ3) is 3.57. The minimum Gasteiger partial charge on any atom is -0.348 e. The molecule has 1 aromatic heterocycles. The van der Waals surface area contributed by atoms with Crippen LogP contribution in [0.15, 0.2) is 6.33 Å². The van der Waals surface area contributed by atoms with Gasteiger partial charge >= 0.3 is 0 Å². The van der Waals surface area contributed by atoms with Gasteiger partial charge in [0.15, 0.2) is 0 Å². The first-order valence-corrected chi connectivity index (χ1v) is 8.65. The van der Waals surface area contributed by atoms with Crippen LogP contribution in [0.5, 0.6) is 0 Å². The fourth-order valence-corrected chi connectivity index (χ4v) is 3.52. The van der Waals surface area contributed by atoms with E-state index in [1.54, 1.807) is 6.33 Å². The molecule has 2 atom stereocenters. The lowest BCUT2D eigenvalue weighted by atomic mass is 9.88. The maximum atomic E-state index is 12.9. The molecule has 2 heterocycles. The fourth-order valence-electron chi connectivity index (χ4n) is 3.52. The van der Waals surface area contributed by atoms with Crippen LogP contribution in [0, 0.1) is 23.2 Å². The van der Waals surface area contributed by atoms with Crippen LogP contribution in [-0.4, -0.2) is 27.3 Å². The summed E-state index contributed by atoms with van der Waals surface area (Å²) < 4.78 is 0. The standard InChI is InChI=1S/C18H28N4O/c1-5-6-14(11-19)8-7-13(2)17(23)22-10-9-15-16(18(22,3)4)21-12-20-15/h12-14H,5-10H2,1-4H3,(H,20,21). The van der Waals surface area contributed by atoms with E-state index in [-0.39, 0.29) is 23.3 Å². The van der Waals surface area contributed by atoms with Gasteiger partial charge in [0.2, 0.25) is 5.91 Å². The first-order valence-electron chi connectivity index (χ1n) is 8.65. The van der Waals surface area contributed by atoms with E-state index in [9.17, 15) is 4.79 Å². The van der Waals surface area contributed by atoms with Crippen LogP contribution in [0.4, 0.5) is 0 Å². The average molecular weight is 316 g/mol. The van der Waals surface area contributed by atoms with Gasteiger partial charge in [0, 0.05) is 30.5 Å². The number of imidazole rings is 1. The molecule has 5 nitrogen and oxygen atoms in total. The Morgan fingerprint density at radius 3 is 2.87 bits per heavy atom. The normalized spacial score (nSPS) is 18.8. The number of amides is 1. The molecule has 0 fully saturated rings. The first kappa shape index (κ1) is 17.5. The summed E-state index contributed by atoms with van der Waals surface area (Å²) in [7, 11) is 0. The molecule has 5 heteroatoms. The van der Waals surface area contributed by atoms with Crippen LogP contribution in [0.1, 0.15) is 64.8 Å². The number of hydrogen-bond acceptors (Lipinski definition) is 3. The number of rotatable bonds is 6. The summed E-state index contributed by atoms with van der Waals surface area (Å²) in [5.41, 5.74) is 1.74. The summed E-state index contributed by atoms with van der Waals surface area (Å²) in [6.07, 6.45) is 6.06. The molecule has 0 saturated carbocycles. The Bertz CT molecular complexity index is 584. The molecule has 0 aliphatic carbocycles. The summed E-state index contributed by atoms with van der Waals surface area (Å²) in [4.78, 5) is 22.5. The number of nitrogens with zero attached hydrogens (tertiary/aromatic N) is 3. The van der Waals surface area contributed by atoms with Crippen LogP contribution in [0.25, 0.3) is 0 Å². The Hall–Kier alpha value is -1.83. The molecule has 2 unspecified atom stereocenters. The lowest BCUT2D eigenvalue weighted by Crippen LogP contribution is -2.51. The zero-order chi connectivity index (χ0) is 17.0. The molecule has 23 heavy (non-hydrogen) atoms. The largest absolute Gasteiger partial charge is 0.348 e. The molecular formula is C18H28N4O. The van der Waals surface area contributed by atoms with E-state index in [2.05, 4.69) is 36.8 Å². The van der Waals surface area contributed by atoms with Crippen molar-refractivity contribution in [3.05, 3.63) is 17.7 Å². The van der Waals surface area contributed by atoms with Crippen LogP contribution in [-0.2, 0) is 16.8 Å². The Balaban J connectivity index is 2.02. The molecular weight excluding hydrogens is 288 g/mol. The summed E-state index contributed by atoms with van der Waals surface area (Å²) in [6, 6.07) is 2.36. The van der Waals surface area contributed by atoms with Crippen molar-refractivity contribution in [2.45, 2.75) is 65.3 Å². The molecule has 1 amide bonds. The summed E-state index contributed by atoms with van der Waals surface area (Å²) in [5.74, 6) is 0.196. The van der Waals surface area contributed by atoms with Crippen molar-refractivity contribution in [1.82, 2.24) is 14.9 Å². The van der Waals surface area contributed by atoms with Crippen LogP contribution < -0.4 is 0 Å². The van der Waals surface area contributed by atoms with Crippen LogP contribution >= 0.6 is 0 Å². The predicted molar refractivity (Wildman–Crippen MR) is 89.4 cm³/mol. The molecule has 1 N–H and O–H groups in total. The maximum Gasteiger partial charge on any atom is 0.226 e. The first-order chi connectivity index (χ1) is 10.9. The van der Waals surface area contributed by atoms with Gasteiger partial charge in [-0.25, -0.2) is 4.98 Å². The number of aromatic nitrogens is 2. The monoisotopic (exact) mass is 316 g/mol. The highest BCUT2D eigenvalue weighted by atomic mass is 16.2. The number of nitriles is 1. The highest BCUT2D eigenvalue weighted by molar-refractivity contribution is 5.79. The number of hydrogen-bond donors (Lipinski definition) is 1. The lowest BCUT2D eigenvalue weighted by Gasteiger charge is -2.42. The van der Waals surface area contributed by atoms with Gasteiger partial charge in [0.25, 0.3) is 0 Å². The van der Waals surface area contributed by atoms with Gasteiger partial charge in [0.1, 0.15) is 0 Å². The topological polar surface area (TPSA) is 72.8 Å². The van der Waals surface area contributed by atoms with Gasteiger partial charge < -0.3 is 9.88 Å². The lowest BCUT2D eigenvalue weighted by molar-refractivity contribution is -0.142. The minimum atomic E-state index is -0.378. The molecule has 0 radical (unpaired) electrons. The second-order valence-electron chi connectivity index (χ2n) is 7.12. The van der Waals surface area contributed by atoms with E-state index in [0.29, 0.717) is 0 Å². The summed E-state index contributed by atoms with van der Waals surface area (Å²) >= 11 is 0. The van der Waals surface area contributed by atoms with Gasteiger partial charge in [-0.2, -0.15) is 5.26 Å². The molecule has 0 saturated heterocycles. The van der Waals surface area contributed by atoms with Crippen molar-refractivity contribution in [1.29, 1.82) is 5.26 Å². The predicted octanol–water partition coefficient (Wildman–Crippen LogP) is 3.39. The smallest absolute Gasteiger partial charge is 0.226 e. The molecule has 0 bridgehead atoms. The van der Waals surface area contributed by atoms with Crippen molar-refractivity contribution in [3.8, 4) is 6.07 Å². The number of H-pyrrole nitrogens is 1. The number of aromatic amines is 1. The second-order valence-corrected chi connectivity index (χ2v) is 7.12. The zero-order valence-corrected chi connectivity index (χ0v) is 14.7. The summed E-state index contributed by atoms with van der Waals surface area (Å²) in [5, 5.41) is 9.17. The van der Waals surface area contributed by atoms with Crippen molar-refractivity contribution in [2.24, 2.45) is 11.8 Å². The Morgan fingerprint density at radius 2 is 2.22 bits per heavy atom. The third-order valence-electron chi connectivity index (χ3n) is 5.01. The molecule has 0 aromatic carbocycles.